The van der Waals surface area contributed by atoms with E-state index in [9.17, 15) is 4.79 Å². The second-order valence-electron chi connectivity index (χ2n) is 3.97. The number of terminal acetylenes is 1. The Labute approximate surface area is 111 Å². The van der Waals surface area contributed by atoms with Crippen LogP contribution in [0.25, 0.3) is 11.3 Å². The van der Waals surface area contributed by atoms with E-state index in [1.807, 2.05) is 30.3 Å². The molecule has 4 nitrogen and oxygen atoms in total. The lowest BCUT2D eigenvalue weighted by Gasteiger charge is -1.99. The predicted octanol–water partition coefficient (Wildman–Crippen LogP) is 2.02. The van der Waals surface area contributed by atoms with Crippen molar-refractivity contribution in [2.75, 3.05) is 6.54 Å². The van der Waals surface area contributed by atoms with E-state index in [2.05, 4.69) is 16.2 Å². The fourth-order valence-corrected chi connectivity index (χ4v) is 1.62. The van der Waals surface area contributed by atoms with Gasteiger partial charge in [-0.1, -0.05) is 36.3 Å². The summed E-state index contributed by atoms with van der Waals surface area (Å²) in [4.78, 5) is 15.5. The number of hydrogen-bond donors (Lipinski definition) is 1. The van der Waals surface area contributed by atoms with E-state index in [-0.39, 0.29) is 12.5 Å². The van der Waals surface area contributed by atoms with Gasteiger partial charge in [0.15, 0.2) is 11.7 Å². The van der Waals surface area contributed by atoms with Gasteiger partial charge in [-0.15, -0.1) is 6.42 Å². The first-order valence-electron chi connectivity index (χ1n) is 6.00. The average molecular weight is 254 g/mol. The van der Waals surface area contributed by atoms with Crippen LogP contribution in [-0.4, -0.2) is 17.4 Å². The molecule has 1 aromatic carbocycles. The quantitative estimate of drug-likeness (QED) is 0.830. The molecular formula is C15H14N2O2. The second kappa shape index (κ2) is 6.41. The number of aryl methyl sites for hydroxylation is 1. The maximum absolute atomic E-state index is 11.4. The molecule has 96 valence electrons. The van der Waals surface area contributed by atoms with E-state index >= 15 is 0 Å². The van der Waals surface area contributed by atoms with Crippen molar-refractivity contribution in [1.29, 1.82) is 0 Å². The zero-order valence-electron chi connectivity index (χ0n) is 10.4. The van der Waals surface area contributed by atoms with Gasteiger partial charge in [0.25, 0.3) is 0 Å². The van der Waals surface area contributed by atoms with Gasteiger partial charge in [0.1, 0.15) is 0 Å². The first-order valence-corrected chi connectivity index (χ1v) is 6.00. The summed E-state index contributed by atoms with van der Waals surface area (Å²) in [6, 6.07) is 9.71. The van der Waals surface area contributed by atoms with Crippen LogP contribution in [0, 0.1) is 12.3 Å². The van der Waals surface area contributed by atoms with Gasteiger partial charge < -0.3 is 9.73 Å². The number of nitrogens with one attached hydrogen (secondary N) is 1. The van der Waals surface area contributed by atoms with E-state index in [4.69, 9.17) is 10.8 Å². The Bertz CT molecular complexity index is 582. The highest BCUT2D eigenvalue weighted by Gasteiger charge is 2.08. The SMILES string of the molecule is C#CCNC(=O)CCc1ncc(-c2ccccc2)o1. The van der Waals surface area contributed by atoms with Crippen LogP contribution in [0.1, 0.15) is 12.3 Å². The minimum Gasteiger partial charge on any atom is -0.441 e. The molecule has 0 fully saturated rings. The molecule has 1 heterocycles. The molecule has 0 radical (unpaired) electrons. The first kappa shape index (κ1) is 12.9. The Morgan fingerprint density at radius 1 is 1.37 bits per heavy atom. The number of hydrogen-bond acceptors (Lipinski definition) is 3. The molecule has 0 saturated carbocycles. The van der Waals surface area contributed by atoms with Gasteiger partial charge in [-0.2, -0.15) is 0 Å². The van der Waals surface area contributed by atoms with Crippen LogP contribution in [0.3, 0.4) is 0 Å². The van der Waals surface area contributed by atoms with Crippen molar-refractivity contribution >= 4 is 5.91 Å². The number of amides is 1. The molecule has 19 heavy (non-hydrogen) atoms. The van der Waals surface area contributed by atoms with E-state index in [0.29, 0.717) is 24.5 Å². The molecule has 1 amide bonds. The molecule has 0 aliphatic rings. The maximum atomic E-state index is 11.4. The number of carbonyl (C=O) groups excluding carboxylic acids is 1. The van der Waals surface area contributed by atoms with Crippen LogP contribution in [0.4, 0.5) is 0 Å². The molecule has 0 aliphatic heterocycles. The van der Waals surface area contributed by atoms with Crippen molar-refractivity contribution < 1.29 is 9.21 Å². The van der Waals surface area contributed by atoms with Crippen molar-refractivity contribution in [3.8, 4) is 23.7 Å². The van der Waals surface area contributed by atoms with Crippen molar-refractivity contribution in [3.05, 3.63) is 42.4 Å². The third-order valence-electron chi connectivity index (χ3n) is 2.57. The average Bonchev–Trinajstić information content (AvgIpc) is 2.93. The maximum Gasteiger partial charge on any atom is 0.221 e. The molecule has 1 N–H and O–H groups in total. The molecule has 0 saturated heterocycles. The van der Waals surface area contributed by atoms with Crippen molar-refractivity contribution in [2.24, 2.45) is 0 Å². The molecule has 0 spiro atoms. The standard InChI is InChI=1S/C15H14N2O2/c1-2-10-16-14(18)8-9-15-17-11-13(19-15)12-6-4-3-5-7-12/h1,3-7,11H,8-10H2,(H,16,18). The van der Waals surface area contributed by atoms with Crippen molar-refractivity contribution in [3.63, 3.8) is 0 Å². The first-order chi connectivity index (χ1) is 9.29. The largest absolute Gasteiger partial charge is 0.441 e. The highest BCUT2D eigenvalue weighted by Crippen LogP contribution is 2.20. The number of carbonyl (C=O) groups is 1. The zero-order chi connectivity index (χ0) is 13.5. The Kier molecular flexibility index (Phi) is 4.35. The lowest BCUT2D eigenvalue weighted by Crippen LogP contribution is -2.23. The molecule has 0 bridgehead atoms. The van der Waals surface area contributed by atoms with Gasteiger partial charge in [-0.3, -0.25) is 4.79 Å². The molecule has 1 aromatic heterocycles. The van der Waals surface area contributed by atoms with Crippen LogP contribution in [-0.2, 0) is 11.2 Å². The number of rotatable bonds is 5. The van der Waals surface area contributed by atoms with Gasteiger partial charge in [0.05, 0.1) is 12.7 Å². The fraction of sp³-hybridized carbons (Fsp3) is 0.200. The molecular weight excluding hydrogens is 240 g/mol. The van der Waals surface area contributed by atoms with Crippen LogP contribution < -0.4 is 5.32 Å². The van der Waals surface area contributed by atoms with Gasteiger partial charge >= 0.3 is 0 Å². The summed E-state index contributed by atoms with van der Waals surface area (Å²) in [5, 5.41) is 2.60. The summed E-state index contributed by atoms with van der Waals surface area (Å²) in [6.45, 7) is 0.250. The minimum atomic E-state index is -0.0996. The van der Waals surface area contributed by atoms with Crippen molar-refractivity contribution in [2.45, 2.75) is 12.8 Å². The summed E-state index contributed by atoms with van der Waals surface area (Å²) in [5.41, 5.74) is 0.970. The predicted molar refractivity (Wildman–Crippen MR) is 72.1 cm³/mol. The monoisotopic (exact) mass is 254 g/mol. The summed E-state index contributed by atoms with van der Waals surface area (Å²) < 4.78 is 5.59. The summed E-state index contributed by atoms with van der Waals surface area (Å²) >= 11 is 0. The van der Waals surface area contributed by atoms with Gasteiger partial charge in [-0.05, 0) is 0 Å². The highest BCUT2D eigenvalue weighted by molar-refractivity contribution is 5.76. The molecule has 0 unspecified atom stereocenters. The normalized spacial score (nSPS) is 9.84. The number of aromatic nitrogens is 1. The zero-order valence-corrected chi connectivity index (χ0v) is 10.4. The molecule has 0 aliphatic carbocycles. The van der Waals surface area contributed by atoms with E-state index in [0.717, 1.165) is 5.56 Å². The third kappa shape index (κ3) is 3.71. The lowest BCUT2D eigenvalue weighted by molar-refractivity contribution is -0.120. The van der Waals surface area contributed by atoms with E-state index < -0.39 is 0 Å². The summed E-state index contributed by atoms with van der Waals surface area (Å²) in [5.74, 6) is 3.51. The Morgan fingerprint density at radius 2 is 2.16 bits per heavy atom. The number of oxazole rings is 1. The lowest BCUT2D eigenvalue weighted by atomic mass is 10.2. The van der Waals surface area contributed by atoms with Crippen LogP contribution in [0.5, 0.6) is 0 Å². The number of nitrogens with zero attached hydrogens (tertiary/aromatic N) is 1. The Hall–Kier alpha value is -2.54. The van der Waals surface area contributed by atoms with Crippen molar-refractivity contribution in [1.82, 2.24) is 10.3 Å². The Balaban J connectivity index is 1.92. The van der Waals surface area contributed by atoms with Gasteiger partial charge in [0.2, 0.25) is 5.91 Å². The van der Waals surface area contributed by atoms with Gasteiger partial charge in [0, 0.05) is 18.4 Å². The van der Waals surface area contributed by atoms with Crippen LogP contribution in [0.2, 0.25) is 0 Å². The van der Waals surface area contributed by atoms with E-state index in [1.54, 1.807) is 6.20 Å². The molecule has 4 heteroatoms. The number of benzene rings is 1. The highest BCUT2D eigenvalue weighted by atomic mass is 16.4. The smallest absolute Gasteiger partial charge is 0.221 e. The second-order valence-corrected chi connectivity index (χ2v) is 3.97. The minimum absolute atomic E-state index is 0.0996. The topological polar surface area (TPSA) is 55.1 Å². The summed E-state index contributed by atoms with van der Waals surface area (Å²) in [6.07, 6.45) is 7.50. The van der Waals surface area contributed by atoms with Crippen LogP contribution in [0.15, 0.2) is 40.9 Å². The molecule has 0 atom stereocenters. The van der Waals surface area contributed by atoms with Crippen LogP contribution >= 0.6 is 0 Å². The third-order valence-corrected chi connectivity index (χ3v) is 2.57. The fourth-order valence-electron chi connectivity index (χ4n) is 1.62. The van der Waals surface area contributed by atoms with Gasteiger partial charge in [-0.25, -0.2) is 4.98 Å². The Morgan fingerprint density at radius 3 is 2.89 bits per heavy atom. The van der Waals surface area contributed by atoms with E-state index in [1.165, 1.54) is 0 Å². The molecule has 2 rings (SSSR count). The summed E-state index contributed by atoms with van der Waals surface area (Å²) in [7, 11) is 0. The molecule has 2 aromatic rings.